The first kappa shape index (κ1) is 23.0. The van der Waals surface area contributed by atoms with E-state index < -0.39 is 14.4 Å². The number of unbranched alkanes of at least 4 members (excludes halogenated alkanes) is 2. The first-order valence-electron chi connectivity index (χ1n) is 11.3. The van der Waals surface area contributed by atoms with Gasteiger partial charge in [0.2, 0.25) is 0 Å². The van der Waals surface area contributed by atoms with Gasteiger partial charge in [-0.1, -0.05) is 81.3 Å². The zero-order valence-electron chi connectivity index (χ0n) is 18.4. The van der Waals surface area contributed by atoms with Gasteiger partial charge in [0.05, 0.1) is 0 Å². The topological polar surface area (TPSA) is 17.1 Å². The van der Waals surface area contributed by atoms with Crippen LogP contribution in [-0.4, -0.2) is 18.2 Å². The third-order valence-corrected chi connectivity index (χ3v) is 15.5. The zero-order chi connectivity index (χ0) is 21.3. The van der Waals surface area contributed by atoms with E-state index >= 15 is 0 Å². The number of rotatable bonds is 11. The lowest BCUT2D eigenvalue weighted by Gasteiger charge is -2.31. The Morgan fingerprint density at radius 3 is 1.23 bits per heavy atom. The molecule has 30 heavy (non-hydrogen) atoms. The molecule has 0 heterocycles. The van der Waals surface area contributed by atoms with Crippen LogP contribution in [0.25, 0.3) is 0 Å². The number of hydrogen-bond acceptors (Lipinski definition) is 1. The van der Waals surface area contributed by atoms with Crippen molar-refractivity contribution in [3.8, 4) is 0 Å². The highest BCUT2D eigenvalue weighted by Gasteiger charge is 2.49. The summed E-state index contributed by atoms with van der Waals surface area (Å²) >= 11 is 0. The van der Waals surface area contributed by atoms with Gasteiger partial charge < -0.3 is 4.57 Å². The van der Waals surface area contributed by atoms with Crippen molar-refractivity contribution in [3.63, 3.8) is 0 Å². The monoisotopic (exact) mass is 437 g/mol. The Bertz CT molecular complexity index is 814. The maximum Gasteiger partial charge on any atom is 0.126 e. The second kappa shape index (κ2) is 11.1. The largest absolute Gasteiger partial charge is 0.320 e. The van der Waals surface area contributed by atoms with Gasteiger partial charge in [-0.05, 0) is 49.2 Å². The van der Waals surface area contributed by atoms with Crippen molar-refractivity contribution in [2.24, 2.45) is 0 Å². The first-order valence-corrected chi connectivity index (χ1v) is 15.5. The van der Waals surface area contributed by atoms with Gasteiger partial charge in [0.25, 0.3) is 0 Å². The van der Waals surface area contributed by atoms with E-state index in [2.05, 4.69) is 105 Å². The van der Waals surface area contributed by atoms with E-state index in [9.17, 15) is 4.57 Å². The Kier molecular flexibility index (Phi) is 8.50. The maximum atomic E-state index is 14.5. The van der Waals surface area contributed by atoms with Crippen molar-refractivity contribution >= 4 is 30.3 Å². The molecule has 0 aromatic heterocycles. The fourth-order valence-electron chi connectivity index (χ4n) is 4.27. The van der Waals surface area contributed by atoms with E-state index in [1.807, 2.05) is 0 Å². The quantitative estimate of drug-likeness (QED) is 0.298. The van der Waals surface area contributed by atoms with Gasteiger partial charge >= 0.3 is 0 Å². The highest BCUT2D eigenvalue weighted by Crippen LogP contribution is 2.67. The second-order valence-electron chi connectivity index (χ2n) is 8.17. The average molecular weight is 438 g/mol. The summed E-state index contributed by atoms with van der Waals surface area (Å²) in [5, 5.41) is 4.03. The van der Waals surface area contributed by atoms with Crippen LogP contribution in [0.1, 0.15) is 39.5 Å². The van der Waals surface area contributed by atoms with E-state index in [1.165, 1.54) is 15.9 Å². The molecule has 0 aliphatic heterocycles. The van der Waals surface area contributed by atoms with Crippen molar-refractivity contribution < 1.29 is 4.57 Å². The number of benzene rings is 3. The molecule has 0 amide bonds. The van der Waals surface area contributed by atoms with Crippen LogP contribution >= 0.6 is 14.4 Å². The van der Waals surface area contributed by atoms with Crippen LogP contribution in [0.15, 0.2) is 91.0 Å². The molecule has 1 nitrogen and oxygen atoms in total. The van der Waals surface area contributed by atoms with Gasteiger partial charge in [-0.2, -0.15) is 0 Å². The smallest absolute Gasteiger partial charge is 0.126 e. The Labute approximate surface area is 183 Å². The number of hydrogen-bond donors (Lipinski definition) is 0. The van der Waals surface area contributed by atoms with E-state index in [1.54, 1.807) is 0 Å². The predicted molar refractivity (Wildman–Crippen MR) is 137 cm³/mol. The molecular formula is C27H35OP2+. The van der Waals surface area contributed by atoms with Crippen molar-refractivity contribution in [1.82, 2.24) is 0 Å². The predicted octanol–water partition coefficient (Wildman–Crippen LogP) is 6.90. The second-order valence-corrected chi connectivity index (χ2v) is 15.5. The molecule has 0 aliphatic rings. The molecule has 158 valence electrons. The van der Waals surface area contributed by atoms with Crippen LogP contribution in [0.4, 0.5) is 0 Å². The van der Waals surface area contributed by atoms with Crippen LogP contribution in [0.5, 0.6) is 0 Å². The summed E-state index contributed by atoms with van der Waals surface area (Å²) in [6.07, 6.45) is 6.06. The summed E-state index contributed by atoms with van der Waals surface area (Å²) in [5.74, 6) is 0.804. The van der Waals surface area contributed by atoms with E-state index in [0.29, 0.717) is 0 Å². The lowest BCUT2D eigenvalue weighted by atomic mass is 10.4. The Balaban J connectivity index is 2.23. The summed E-state index contributed by atoms with van der Waals surface area (Å²) < 4.78 is 14.5. The highest BCUT2D eigenvalue weighted by atomic mass is 31.2. The molecule has 0 spiro atoms. The molecule has 0 bridgehead atoms. The van der Waals surface area contributed by atoms with E-state index in [0.717, 1.165) is 43.9 Å². The van der Waals surface area contributed by atoms with Gasteiger partial charge in [0, 0.05) is 12.3 Å². The molecule has 0 unspecified atom stereocenters. The van der Waals surface area contributed by atoms with Gasteiger partial charge in [-0.15, -0.1) is 0 Å². The summed E-state index contributed by atoms with van der Waals surface area (Å²) in [5.41, 5.74) is 0. The minimum atomic E-state index is -2.32. The molecule has 0 atom stereocenters. The lowest BCUT2D eigenvalue weighted by molar-refractivity contribution is 0.573. The molecule has 3 aromatic rings. The van der Waals surface area contributed by atoms with Gasteiger partial charge in [-0.25, -0.2) is 0 Å². The van der Waals surface area contributed by atoms with Crippen LogP contribution in [-0.2, 0) is 4.57 Å². The third-order valence-electron chi connectivity index (χ3n) is 5.90. The lowest BCUT2D eigenvalue weighted by Crippen LogP contribution is -2.33. The molecular weight excluding hydrogens is 402 g/mol. The Hall–Kier alpha value is -1.68. The molecule has 0 fully saturated rings. The third kappa shape index (κ3) is 5.32. The van der Waals surface area contributed by atoms with Crippen LogP contribution < -0.4 is 15.9 Å². The molecule has 0 N–H and O–H groups in total. The zero-order valence-corrected chi connectivity index (χ0v) is 20.2. The van der Waals surface area contributed by atoms with E-state index in [4.69, 9.17) is 0 Å². The SMILES string of the molecule is CCCCP(=O)(CCCC)C[P+](c1ccccc1)(c1ccccc1)c1ccccc1. The van der Waals surface area contributed by atoms with Crippen molar-refractivity contribution in [3.05, 3.63) is 91.0 Å². The highest BCUT2D eigenvalue weighted by molar-refractivity contribution is 8.01. The molecule has 3 aromatic carbocycles. The van der Waals surface area contributed by atoms with Crippen molar-refractivity contribution in [2.75, 3.05) is 18.2 Å². The summed E-state index contributed by atoms with van der Waals surface area (Å²) in [6.45, 7) is 4.41. The van der Waals surface area contributed by atoms with Crippen LogP contribution in [0.2, 0.25) is 0 Å². The molecule has 0 aliphatic carbocycles. The molecule has 0 saturated carbocycles. The first-order chi connectivity index (χ1) is 14.6. The molecule has 0 saturated heterocycles. The molecule has 0 radical (unpaired) electrons. The molecule has 3 heteroatoms. The van der Waals surface area contributed by atoms with Gasteiger partial charge in [-0.3, -0.25) is 0 Å². The van der Waals surface area contributed by atoms with E-state index in [-0.39, 0.29) is 0 Å². The van der Waals surface area contributed by atoms with Crippen LogP contribution in [0.3, 0.4) is 0 Å². The summed E-state index contributed by atoms with van der Waals surface area (Å²) in [7, 11) is -4.34. The average Bonchev–Trinajstić information content (AvgIpc) is 2.82. The Morgan fingerprint density at radius 1 is 0.600 bits per heavy atom. The summed E-state index contributed by atoms with van der Waals surface area (Å²) in [4.78, 5) is 0. The minimum Gasteiger partial charge on any atom is -0.320 e. The normalized spacial score (nSPS) is 12.1. The van der Waals surface area contributed by atoms with Gasteiger partial charge in [0.15, 0.2) is 0 Å². The summed E-state index contributed by atoms with van der Waals surface area (Å²) in [6, 6.07) is 32.7. The standard InChI is InChI=1S/C27H35OP2/c1-3-5-22-29(28,23-6-4-2)24-30(25-16-10-7-11-17-25,26-18-12-8-13-19-26)27-20-14-9-15-21-27/h7-21H,3-6,22-24H2,1-2H3/q+1. The van der Waals surface area contributed by atoms with Crippen LogP contribution in [0, 0.1) is 0 Å². The maximum absolute atomic E-state index is 14.5. The molecule has 3 rings (SSSR count). The van der Waals surface area contributed by atoms with Gasteiger partial charge in [0.1, 0.15) is 36.2 Å². The van der Waals surface area contributed by atoms with Crippen molar-refractivity contribution in [1.29, 1.82) is 0 Å². The fourth-order valence-corrected chi connectivity index (χ4v) is 15.4. The Morgan fingerprint density at radius 2 is 0.933 bits per heavy atom. The minimum absolute atomic E-state index is 0.804. The fraction of sp³-hybridized carbons (Fsp3) is 0.333. The van der Waals surface area contributed by atoms with Crippen molar-refractivity contribution in [2.45, 2.75) is 39.5 Å².